The highest BCUT2D eigenvalue weighted by atomic mass is 19.1. The van der Waals surface area contributed by atoms with Crippen LogP contribution in [0.1, 0.15) is 23.1 Å². The van der Waals surface area contributed by atoms with Crippen molar-refractivity contribution in [2.45, 2.75) is 26.8 Å². The highest BCUT2D eigenvalue weighted by Crippen LogP contribution is 2.14. The zero-order chi connectivity index (χ0) is 15.9. The number of rotatable bonds is 6. The number of carbonyl (C=O) groups is 1. The minimum atomic E-state index is -0.239. The zero-order valence-corrected chi connectivity index (χ0v) is 12.9. The summed E-state index contributed by atoms with van der Waals surface area (Å²) in [5.74, 6) is -0.258. The van der Waals surface area contributed by atoms with E-state index in [0.717, 1.165) is 16.8 Å². The van der Waals surface area contributed by atoms with Gasteiger partial charge in [-0.15, -0.1) is 0 Å². The van der Waals surface area contributed by atoms with E-state index >= 15 is 0 Å². The van der Waals surface area contributed by atoms with Gasteiger partial charge in [-0.05, 0) is 54.8 Å². The predicted octanol–water partition coefficient (Wildman–Crippen LogP) is 3.56. The average Bonchev–Trinajstić information content (AvgIpc) is 2.49. The van der Waals surface area contributed by atoms with Gasteiger partial charge in [-0.3, -0.25) is 4.79 Å². The van der Waals surface area contributed by atoms with Gasteiger partial charge in [-0.1, -0.05) is 18.2 Å². The van der Waals surface area contributed by atoms with Gasteiger partial charge in [0.15, 0.2) is 0 Å². The number of aryl methyl sites for hydroxylation is 2. The van der Waals surface area contributed by atoms with Crippen LogP contribution in [0.4, 0.5) is 10.1 Å². The number of hydrogen-bond acceptors (Lipinski definition) is 2. The van der Waals surface area contributed by atoms with E-state index in [0.29, 0.717) is 19.5 Å². The lowest BCUT2D eigenvalue weighted by molar-refractivity contribution is -0.116. The van der Waals surface area contributed by atoms with Gasteiger partial charge in [0.1, 0.15) is 5.82 Å². The lowest BCUT2D eigenvalue weighted by Crippen LogP contribution is -2.21. The fourth-order valence-electron chi connectivity index (χ4n) is 2.08. The van der Waals surface area contributed by atoms with Crippen LogP contribution in [0.25, 0.3) is 0 Å². The molecular formula is C18H21FN2O. The summed E-state index contributed by atoms with van der Waals surface area (Å²) in [5.41, 5.74) is 4.19. The van der Waals surface area contributed by atoms with Crippen LogP contribution in [0, 0.1) is 19.7 Å². The van der Waals surface area contributed by atoms with Gasteiger partial charge < -0.3 is 10.6 Å². The molecule has 0 radical (unpaired) electrons. The first kappa shape index (κ1) is 16.2. The molecule has 0 aromatic heterocycles. The highest BCUT2D eigenvalue weighted by Gasteiger charge is 2.03. The van der Waals surface area contributed by atoms with Gasteiger partial charge in [-0.25, -0.2) is 4.39 Å². The Kier molecular flexibility index (Phi) is 5.67. The lowest BCUT2D eigenvalue weighted by Gasteiger charge is -2.08. The summed E-state index contributed by atoms with van der Waals surface area (Å²) in [6.07, 6.45) is 0.397. The first-order valence-electron chi connectivity index (χ1n) is 7.37. The summed E-state index contributed by atoms with van der Waals surface area (Å²) < 4.78 is 12.8. The third kappa shape index (κ3) is 4.97. The predicted molar refractivity (Wildman–Crippen MR) is 87.3 cm³/mol. The van der Waals surface area contributed by atoms with Crippen LogP contribution in [0.15, 0.2) is 42.5 Å². The number of carbonyl (C=O) groups excluding carboxylic acids is 1. The third-order valence-electron chi connectivity index (χ3n) is 3.56. The fraction of sp³-hybridized carbons (Fsp3) is 0.278. The van der Waals surface area contributed by atoms with Crippen LogP contribution in [-0.2, 0) is 11.3 Å². The van der Waals surface area contributed by atoms with Crippen molar-refractivity contribution in [1.82, 2.24) is 5.32 Å². The molecule has 2 aromatic rings. The molecule has 0 aliphatic heterocycles. The molecule has 1 amide bonds. The van der Waals surface area contributed by atoms with E-state index in [2.05, 4.69) is 10.6 Å². The Labute approximate surface area is 130 Å². The molecule has 4 heteroatoms. The van der Waals surface area contributed by atoms with Crippen molar-refractivity contribution in [2.75, 3.05) is 11.9 Å². The number of amides is 1. The second-order valence-electron chi connectivity index (χ2n) is 5.40. The Morgan fingerprint density at radius 1 is 1.05 bits per heavy atom. The highest BCUT2D eigenvalue weighted by molar-refractivity contribution is 5.90. The van der Waals surface area contributed by atoms with Crippen molar-refractivity contribution in [2.24, 2.45) is 0 Å². The molecule has 0 aliphatic carbocycles. The van der Waals surface area contributed by atoms with Crippen molar-refractivity contribution >= 4 is 11.6 Å². The molecule has 0 fully saturated rings. The molecule has 0 bridgehead atoms. The lowest BCUT2D eigenvalue weighted by atomic mass is 10.1. The molecular weight excluding hydrogens is 279 g/mol. The van der Waals surface area contributed by atoms with Crippen molar-refractivity contribution in [1.29, 1.82) is 0 Å². The fourth-order valence-corrected chi connectivity index (χ4v) is 2.08. The summed E-state index contributed by atoms with van der Waals surface area (Å²) in [4.78, 5) is 11.9. The van der Waals surface area contributed by atoms with Crippen LogP contribution in [-0.4, -0.2) is 12.5 Å². The standard InChI is InChI=1S/C18H21FN2O/c1-13-3-8-17(11-14(13)2)21-18(22)9-10-20-12-15-4-6-16(19)7-5-15/h3-8,11,20H,9-10,12H2,1-2H3,(H,21,22). The third-order valence-corrected chi connectivity index (χ3v) is 3.56. The molecule has 0 atom stereocenters. The summed E-state index contributed by atoms with van der Waals surface area (Å²) >= 11 is 0. The maximum atomic E-state index is 12.8. The summed E-state index contributed by atoms with van der Waals surface area (Å²) in [5, 5.41) is 6.06. The van der Waals surface area contributed by atoms with E-state index in [1.807, 2.05) is 32.0 Å². The monoisotopic (exact) mass is 300 g/mol. The molecule has 22 heavy (non-hydrogen) atoms. The maximum absolute atomic E-state index is 12.8. The number of anilines is 1. The molecule has 3 nitrogen and oxygen atoms in total. The van der Waals surface area contributed by atoms with Crippen LogP contribution in [0.2, 0.25) is 0 Å². The van der Waals surface area contributed by atoms with E-state index in [4.69, 9.17) is 0 Å². The molecule has 116 valence electrons. The first-order valence-corrected chi connectivity index (χ1v) is 7.37. The molecule has 0 spiro atoms. The molecule has 0 heterocycles. The first-order chi connectivity index (χ1) is 10.5. The van der Waals surface area contributed by atoms with Gasteiger partial charge in [0.25, 0.3) is 0 Å². The topological polar surface area (TPSA) is 41.1 Å². The zero-order valence-electron chi connectivity index (χ0n) is 12.9. The molecule has 2 aromatic carbocycles. The molecule has 2 N–H and O–H groups in total. The van der Waals surface area contributed by atoms with E-state index < -0.39 is 0 Å². The molecule has 0 saturated heterocycles. The Balaban J connectivity index is 1.71. The quantitative estimate of drug-likeness (QED) is 0.801. The molecule has 0 saturated carbocycles. The van der Waals surface area contributed by atoms with Crippen molar-refractivity contribution in [3.05, 3.63) is 65.0 Å². The van der Waals surface area contributed by atoms with E-state index in [1.165, 1.54) is 17.7 Å². The number of benzene rings is 2. The van der Waals surface area contributed by atoms with Crippen LogP contribution in [0.3, 0.4) is 0 Å². The smallest absolute Gasteiger partial charge is 0.225 e. The average molecular weight is 300 g/mol. The van der Waals surface area contributed by atoms with Gasteiger partial charge in [0, 0.05) is 25.2 Å². The summed E-state index contributed by atoms with van der Waals surface area (Å²) in [7, 11) is 0. The van der Waals surface area contributed by atoms with Gasteiger partial charge in [0.2, 0.25) is 5.91 Å². The largest absolute Gasteiger partial charge is 0.326 e. The van der Waals surface area contributed by atoms with Crippen molar-refractivity contribution < 1.29 is 9.18 Å². The number of hydrogen-bond donors (Lipinski definition) is 2. The SMILES string of the molecule is Cc1ccc(NC(=O)CCNCc2ccc(F)cc2)cc1C. The van der Waals surface area contributed by atoms with E-state index in [9.17, 15) is 9.18 Å². The second-order valence-corrected chi connectivity index (χ2v) is 5.40. The summed E-state index contributed by atoms with van der Waals surface area (Å²) in [6, 6.07) is 12.2. The normalized spacial score (nSPS) is 10.5. The van der Waals surface area contributed by atoms with Crippen LogP contribution < -0.4 is 10.6 Å². The van der Waals surface area contributed by atoms with Crippen molar-refractivity contribution in [3.63, 3.8) is 0 Å². The molecule has 2 rings (SSSR count). The molecule has 0 unspecified atom stereocenters. The minimum absolute atomic E-state index is 0.0186. The van der Waals surface area contributed by atoms with E-state index in [1.54, 1.807) is 12.1 Å². The Morgan fingerprint density at radius 3 is 2.45 bits per heavy atom. The summed E-state index contributed by atoms with van der Waals surface area (Å²) in [6.45, 7) is 5.26. The number of nitrogens with one attached hydrogen (secondary N) is 2. The van der Waals surface area contributed by atoms with Crippen LogP contribution in [0.5, 0.6) is 0 Å². The van der Waals surface area contributed by atoms with Crippen LogP contribution >= 0.6 is 0 Å². The Hall–Kier alpha value is -2.20. The van der Waals surface area contributed by atoms with Gasteiger partial charge in [-0.2, -0.15) is 0 Å². The second kappa shape index (κ2) is 7.71. The van der Waals surface area contributed by atoms with E-state index in [-0.39, 0.29) is 11.7 Å². The van der Waals surface area contributed by atoms with Gasteiger partial charge in [0.05, 0.1) is 0 Å². The van der Waals surface area contributed by atoms with Crippen molar-refractivity contribution in [3.8, 4) is 0 Å². The minimum Gasteiger partial charge on any atom is -0.326 e. The Morgan fingerprint density at radius 2 is 1.77 bits per heavy atom. The molecule has 0 aliphatic rings. The Bertz CT molecular complexity index is 638. The maximum Gasteiger partial charge on any atom is 0.225 e. The van der Waals surface area contributed by atoms with Gasteiger partial charge >= 0.3 is 0 Å². The number of halogens is 1.